The highest BCUT2D eigenvalue weighted by Crippen LogP contribution is 2.29. The molecule has 0 atom stereocenters. The van der Waals surface area contributed by atoms with Crippen molar-refractivity contribution in [1.29, 1.82) is 0 Å². The average molecular weight is 359 g/mol. The third kappa shape index (κ3) is 5.30. The fraction of sp³-hybridized carbons (Fsp3) is 0.240. The SMILES string of the molecule is C=C/C(=C\N(C)C)c1cccc(C(C)=N/C=C(\C(=C)C)C2=C(C)CC=C2)c1. The van der Waals surface area contributed by atoms with Gasteiger partial charge in [0.2, 0.25) is 0 Å². The van der Waals surface area contributed by atoms with Gasteiger partial charge in [-0.05, 0) is 61.1 Å². The van der Waals surface area contributed by atoms with Crippen LogP contribution < -0.4 is 0 Å². The predicted molar refractivity (Wildman–Crippen MR) is 120 cm³/mol. The molecule has 0 bridgehead atoms. The van der Waals surface area contributed by atoms with Crippen LogP contribution in [0.2, 0.25) is 0 Å². The highest BCUT2D eigenvalue weighted by atomic mass is 15.0. The van der Waals surface area contributed by atoms with Gasteiger partial charge < -0.3 is 4.90 Å². The lowest BCUT2D eigenvalue weighted by atomic mass is 9.99. The van der Waals surface area contributed by atoms with E-state index in [9.17, 15) is 0 Å². The lowest BCUT2D eigenvalue weighted by Crippen LogP contribution is -2.02. The van der Waals surface area contributed by atoms with Gasteiger partial charge in [0.25, 0.3) is 0 Å². The van der Waals surface area contributed by atoms with E-state index in [1.165, 1.54) is 11.1 Å². The van der Waals surface area contributed by atoms with Crippen molar-refractivity contribution in [1.82, 2.24) is 4.90 Å². The van der Waals surface area contributed by atoms with Gasteiger partial charge >= 0.3 is 0 Å². The van der Waals surface area contributed by atoms with Gasteiger partial charge in [-0.2, -0.15) is 0 Å². The fourth-order valence-corrected chi connectivity index (χ4v) is 3.02. The largest absolute Gasteiger partial charge is 0.383 e. The first-order chi connectivity index (χ1) is 12.8. The summed E-state index contributed by atoms with van der Waals surface area (Å²) in [5, 5.41) is 0. The summed E-state index contributed by atoms with van der Waals surface area (Å²) >= 11 is 0. The second-order valence-corrected chi connectivity index (χ2v) is 7.17. The van der Waals surface area contributed by atoms with Gasteiger partial charge in [0.05, 0.1) is 0 Å². The number of benzene rings is 1. The van der Waals surface area contributed by atoms with Crippen molar-refractivity contribution in [2.75, 3.05) is 14.1 Å². The number of rotatable bonds is 7. The molecule has 2 nitrogen and oxygen atoms in total. The summed E-state index contributed by atoms with van der Waals surface area (Å²) in [4.78, 5) is 6.78. The Bertz CT molecular complexity index is 887. The molecule has 0 fully saturated rings. The second kappa shape index (κ2) is 9.18. The molecule has 27 heavy (non-hydrogen) atoms. The van der Waals surface area contributed by atoms with E-state index < -0.39 is 0 Å². The molecule has 0 spiro atoms. The number of hydrogen-bond acceptors (Lipinski definition) is 2. The van der Waals surface area contributed by atoms with Crippen molar-refractivity contribution in [3.8, 4) is 0 Å². The average Bonchev–Trinajstić information content (AvgIpc) is 3.05. The molecule has 140 valence electrons. The minimum Gasteiger partial charge on any atom is -0.383 e. The Labute approximate surface area is 164 Å². The van der Waals surface area contributed by atoms with Crippen molar-refractivity contribution < 1.29 is 0 Å². The maximum atomic E-state index is 4.75. The lowest BCUT2D eigenvalue weighted by Gasteiger charge is -2.11. The predicted octanol–water partition coefficient (Wildman–Crippen LogP) is 6.32. The summed E-state index contributed by atoms with van der Waals surface area (Å²) in [6.07, 6.45) is 11.3. The molecule has 2 rings (SSSR count). The summed E-state index contributed by atoms with van der Waals surface area (Å²) in [7, 11) is 4.02. The minimum absolute atomic E-state index is 0.976. The van der Waals surface area contributed by atoms with E-state index in [1.54, 1.807) is 0 Å². The molecule has 1 aliphatic rings. The lowest BCUT2D eigenvalue weighted by molar-refractivity contribution is 0.566. The van der Waals surface area contributed by atoms with Gasteiger partial charge in [0.1, 0.15) is 0 Å². The summed E-state index contributed by atoms with van der Waals surface area (Å²) in [5.74, 6) is 0. The molecule has 0 radical (unpaired) electrons. The molecule has 1 aromatic carbocycles. The highest BCUT2D eigenvalue weighted by Gasteiger charge is 2.11. The quantitative estimate of drug-likeness (QED) is 0.411. The van der Waals surface area contributed by atoms with Crippen molar-refractivity contribution in [3.05, 3.63) is 101 Å². The van der Waals surface area contributed by atoms with Gasteiger partial charge in [-0.25, -0.2) is 0 Å². The Morgan fingerprint density at radius 2 is 1.89 bits per heavy atom. The third-order valence-corrected chi connectivity index (χ3v) is 4.54. The van der Waals surface area contributed by atoms with Gasteiger partial charge in [-0.1, -0.05) is 55.2 Å². The van der Waals surface area contributed by atoms with E-state index in [1.807, 2.05) is 45.1 Å². The first-order valence-corrected chi connectivity index (χ1v) is 9.22. The Morgan fingerprint density at radius 3 is 2.44 bits per heavy atom. The Balaban J connectivity index is 2.39. The molecule has 0 unspecified atom stereocenters. The van der Waals surface area contributed by atoms with Crippen molar-refractivity contribution in [3.63, 3.8) is 0 Å². The van der Waals surface area contributed by atoms with Crippen LogP contribution in [-0.2, 0) is 0 Å². The van der Waals surface area contributed by atoms with Crippen LogP contribution in [-0.4, -0.2) is 24.7 Å². The topological polar surface area (TPSA) is 15.6 Å². The number of hydrogen-bond donors (Lipinski definition) is 0. The van der Waals surface area contributed by atoms with Crippen LogP contribution in [0.5, 0.6) is 0 Å². The van der Waals surface area contributed by atoms with Crippen LogP contribution >= 0.6 is 0 Å². The zero-order chi connectivity index (χ0) is 20.0. The fourth-order valence-electron chi connectivity index (χ4n) is 3.02. The second-order valence-electron chi connectivity index (χ2n) is 7.17. The number of aliphatic imine (C=N–C) groups is 1. The Hall–Kier alpha value is -2.87. The molecule has 1 aromatic rings. The van der Waals surface area contributed by atoms with Crippen LogP contribution in [0.1, 0.15) is 38.3 Å². The maximum Gasteiger partial charge on any atom is 0.0445 e. The zero-order valence-corrected chi connectivity index (χ0v) is 17.2. The van der Waals surface area contributed by atoms with E-state index in [4.69, 9.17) is 4.99 Å². The molecule has 0 amide bonds. The summed E-state index contributed by atoms with van der Waals surface area (Å²) in [5.41, 5.74) is 9.05. The zero-order valence-electron chi connectivity index (χ0n) is 17.2. The molecule has 0 saturated heterocycles. The van der Waals surface area contributed by atoms with Crippen molar-refractivity contribution in [2.24, 2.45) is 4.99 Å². The number of allylic oxidation sites excluding steroid dienone is 8. The van der Waals surface area contributed by atoms with Crippen molar-refractivity contribution in [2.45, 2.75) is 27.2 Å². The molecular weight excluding hydrogens is 328 g/mol. The molecule has 1 aliphatic carbocycles. The van der Waals surface area contributed by atoms with E-state index >= 15 is 0 Å². The van der Waals surface area contributed by atoms with Gasteiger partial charge in [0, 0.05) is 37.8 Å². The van der Waals surface area contributed by atoms with Crippen LogP contribution in [0.4, 0.5) is 0 Å². The standard InChI is InChI=1S/C25H30N2/c1-8-21(17-27(6)7)23-13-10-12-22(15-23)20(5)26-16-25(18(2)3)24-14-9-11-19(24)4/h8-10,12-17H,1-2,11H2,3-7H3/b21-17+,25-16+,26-20?. The van der Waals surface area contributed by atoms with E-state index in [0.717, 1.165) is 40.0 Å². The minimum atomic E-state index is 0.976. The van der Waals surface area contributed by atoms with Crippen LogP contribution in [0, 0.1) is 0 Å². The smallest absolute Gasteiger partial charge is 0.0445 e. The summed E-state index contributed by atoms with van der Waals surface area (Å²) < 4.78 is 0. The summed E-state index contributed by atoms with van der Waals surface area (Å²) in [6, 6.07) is 8.41. The first kappa shape index (κ1) is 20.4. The molecule has 0 saturated carbocycles. The summed E-state index contributed by atoms with van der Waals surface area (Å²) in [6.45, 7) is 14.3. The van der Waals surface area contributed by atoms with Gasteiger partial charge in [-0.3, -0.25) is 4.99 Å². The van der Waals surface area contributed by atoms with E-state index in [-0.39, 0.29) is 0 Å². The van der Waals surface area contributed by atoms with E-state index in [2.05, 4.69) is 62.7 Å². The maximum absolute atomic E-state index is 4.75. The van der Waals surface area contributed by atoms with Crippen molar-refractivity contribution >= 4 is 11.3 Å². The molecule has 0 heterocycles. The molecule has 0 N–H and O–H groups in total. The highest BCUT2D eigenvalue weighted by molar-refractivity contribution is 6.00. The molecule has 0 aromatic heterocycles. The first-order valence-electron chi connectivity index (χ1n) is 9.22. The van der Waals surface area contributed by atoms with Crippen LogP contribution in [0.3, 0.4) is 0 Å². The van der Waals surface area contributed by atoms with Gasteiger partial charge in [0.15, 0.2) is 0 Å². The third-order valence-electron chi connectivity index (χ3n) is 4.54. The van der Waals surface area contributed by atoms with Crippen LogP contribution in [0.25, 0.3) is 5.57 Å². The molecule has 2 heteroatoms. The molecular formula is C25H30N2. The molecule has 0 aliphatic heterocycles. The normalized spacial score (nSPS) is 15.4. The Kier molecular flexibility index (Phi) is 6.95. The number of nitrogens with zero attached hydrogens (tertiary/aromatic N) is 2. The monoisotopic (exact) mass is 358 g/mol. The Morgan fingerprint density at radius 1 is 1.19 bits per heavy atom. The van der Waals surface area contributed by atoms with Crippen LogP contribution in [0.15, 0.2) is 95.3 Å². The van der Waals surface area contributed by atoms with Gasteiger partial charge in [-0.15, -0.1) is 0 Å². The van der Waals surface area contributed by atoms with E-state index in [0.29, 0.717) is 0 Å².